The molecule has 1 heterocycles. The highest BCUT2D eigenvalue weighted by Gasteiger charge is 2.25. The fraction of sp³-hybridized carbons (Fsp3) is 0.588. The van der Waals surface area contributed by atoms with Gasteiger partial charge in [-0.15, -0.1) is 11.6 Å². The molecule has 1 aliphatic rings. The van der Waals surface area contributed by atoms with Gasteiger partial charge < -0.3 is 5.32 Å². The van der Waals surface area contributed by atoms with Crippen LogP contribution in [0.25, 0.3) is 10.9 Å². The lowest BCUT2D eigenvalue weighted by molar-refractivity contribution is 0.394. The Morgan fingerprint density at radius 1 is 1.29 bits per heavy atom. The molecule has 21 heavy (non-hydrogen) atoms. The van der Waals surface area contributed by atoms with E-state index in [0.717, 1.165) is 37.1 Å². The summed E-state index contributed by atoms with van der Waals surface area (Å²) in [4.78, 5) is 0. The Kier molecular flexibility index (Phi) is 4.81. The van der Waals surface area contributed by atoms with Gasteiger partial charge in [0.1, 0.15) is 0 Å². The topological polar surface area (TPSA) is 29.9 Å². The van der Waals surface area contributed by atoms with E-state index in [0.29, 0.717) is 5.92 Å². The van der Waals surface area contributed by atoms with E-state index < -0.39 is 0 Å². The van der Waals surface area contributed by atoms with Crippen LogP contribution in [0, 0.1) is 11.8 Å². The van der Waals surface area contributed by atoms with Crippen molar-refractivity contribution < 1.29 is 0 Å². The van der Waals surface area contributed by atoms with Crippen molar-refractivity contribution in [2.24, 2.45) is 11.8 Å². The highest BCUT2D eigenvalue weighted by atomic mass is 35.5. The van der Waals surface area contributed by atoms with Crippen LogP contribution in [0.1, 0.15) is 31.9 Å². The normalized spacial score (nSPS) is 22.2. The molecule has 3 rings (SSSR count). The molecule has 1 saturated carbocycles. The molecule has 4 heteroatoms. The van der Waals surface area contributed by atoms with Crippen LogP contribution in [0.15, 0.2) is 24.3 Å². The lowest BCUT2D eigenvalue weighted by Crippen LogP contribution is -2.25. The van der Waals surface area contributed by atoms with Gasteiger partial charge in [-0.1, -0.05) is 24.6 Å². The van der Waals surface area contributed by atoms with E-state index in [1.807, 2.05) is 0 Å². The van der Waals surface area contributed by atoms with Crippen molar-refractivity contribution in [3.63, 3.8) is 0 Å². The van der Waals surface area contributed by atoms with Gasteiger partial charge in [-0.05, 0) is 44.2 Å². The quantitative estimate of drug-likeness (QED) is 0.823. The lowest BCUT2D eigenvalue weighted by atomic mass is 9.98. The third kappa shape index (κ3) is 3.09. The van der Waals surface area contributed by atoms with Crippen LogP contribution in [-0.4, -0.2) is 22.2 Å². The lowest BCUT2D eigenvalue weighted by Gasteiger charge is -2.17. The summed E-state index contributed by atoms with van der Waals surface area (Å²) in [6, 6.07) is 8.49. The van der Waals surface area contributed by atoms with Gasteiger partial charge in [0.25, 0.3) is 0 Å². The second-order valence-electron chi connectivity index (χ2n) is 6.02. The maximum atomic E-state index is 6.06. The Morgan fingerprint density at radius 2 is 2.10 bits per heavy atom. The highest BCUT2D eigenvalue weighted by molar-refractivity contribution is 6.18. The third-order valence-electron chi connectivity index (χ3n) is 4.75. The maximum absolute atomic E-state index is 6.06. The molecular weight excluding hydrogens is 282 g/mol. The van der Waals surface area contributed by atoms with Gasteiger partial charge in [0.15, 0.2) is 0 Å². The fourth-order valence-corrected chi connectivity index (χ4v) is 3.94. The molecule has 1 aromatic carbocycles. The first kappa shape index (κ1) is 14.9. The van der Waals surface area contributed by atoms with Gasteiger partial charge in [0.2, 0.25) is 0 Å². The molecule has 0 saturated heterocycles. The van der Waals surface area contributed by atoms with Gasteiger partial charge >= 0.3 is 0 Å². The zero-order valence-corrected chi connectivity index (χ0v) is 13.4. The van der Waals surface area contributed by atoms with Gasteiger partial charge in [0, 0.05) is 24.4 Å². The monoisotopic (exact) mass is 305 g/mol. The summed E-state index contributed by atoms with van der Waals surface area (Å²) in [6.07, 6.45) is 3.94. The number of nitrogens with one attached hydrogen (secondary N) is 1. The number of hydrogen-bond donors (Lipinski definition) is 1. The number of fused-ring (bicyclic) bond motifs is 1. The van der Waals surface area contributed by atoms with Gasteiger partial charge in [0.05, 0.1) is 11.2 Å². The van der Waals surface area contributed by atoms with Gasteiger partial charge in [-0.2, -0.15) is 5.10 Å². The zero-order valence-electron chi connectivity index (χ0n) is 12.7. The summed E-state index contributed by atoms with van der Waals surface area (Å²) in [7, 11) is 0. The molecule has 114 valence electrons. The van der Waals surface area contributed by atoms with Crippen molar-refractivity contribution in [3.05, 3.63) is 30.0 Å². The van der Waals surface area contributed by atoms with E-state index in [-0.39, 0.29) is 0 Å². The molecule has 2 aromatic rings. The molecule has 0 bridgehead atoms. The number of aryl methyl sites for hydroxylation is 1. The Hall–Kier alpha value is -1.06. The molecule has 1 aromatic heterocycles. The van der Waals surface area contributed by atoms with Gasteiger partial charge in [-0.3, -0.25) is 4.68 Å². The van der Waals surface area contributed by atoms with Crippen LogP contribution < -0.4 is 5.32 Å². The van der Waals surface area contributed by atoms with Crippen molar-refractivity contribution in [3.8, 4) is 0 Å². The predicted molar refractivity (Wildman–Crippen MR) is 88.7 cm³/mol. The minimum atomic E-state index is 0.698. The summed E-state index contributed by atoms with van der Waals surface area (Å²) in [5, 5.41) is 9.61. The third-order valence-corrected chi connectivity index (χ3v) is 5.14. The second-order valence-corrected chi connectivity index (χ2v) is 6.32. The molecule has 0 radical (unpaired) electrons. The smallest absolute Gasteiger partial charge is 0.0841 e. The molecule has 0 aliphatic heterocycles. The molecule has 2 atom stereocenters. The SMILES string of the molecule is CCn1nc(CNCC2CCCC2CCl)c2ccccc21. The van der Waals surface area contributed by atoms with E-state index >= 15 is 0 Å². The van der Waals surface area contributed by atoms with Crippen LogP contribution in [0.5, 0.6) is 0 Å². The van der Waals surface area contributed by atoms with Crippen LogP contribution in [0.3, 0.4) is 0 Å². The van der Waals surface area contributed by atoms with Crippen LogP contribution in [0.4, 0.5) is 0 Å². The van der Waals surface area contributed by atoms with Crippen LogP contribution in [-0.2, 0) is 13.1 Å². The van der Waals surface area contributed by atoms with Crippen LogP contribution >= 0.6 is 11.6 Å². The van der Waals surface area contributed by atoms with E-state index in [1.165, 1.54) is 30.2 Å². The zero-order chi connectivity index (χ0) is 14.7. The van der Waals surface area contributed by atoms with Crippen molar-refractivity contribution in [2.75, 3.05) is 12.4 Å². The molecule has 3 nitrogen and oxygen atoms in total. The Morgan fingerprint density at radius 3 is 2.90 bits per heavy atom. The highest BCUT2D eigenvalue weighted by Crippen LogP contribution is 2.32. The standard InChI is InChI=1S/C17H24ClN3/c1-2-21-17-9-4-3-8-15(17)16(20-21)12-19-11-14-7-5-6-13(14)10-18/h3-4,8-9,13-14,19H,2,5-7,10-12H2,1H3. The van der Waals surface area contributed by atoms with Crippen LogP contribution in [0.2, 0.25) is 0 Å². The first-order valence-electron chi connectivity index (χ1n) is 8.04. The molecular formula is C17H24ClN3. The Balaban J connectivity index is 1.65. The molecule has 0 spiro atoms. The second kappa shape index (κ2) is 6.80. The first-order valence-corrected chi connectivity index (χ1v) is 8.58. The number of hydrogen-bond acceptors (Lipinski definition) is 2. The Bertz CT molecular complexity index is 593. The average molecular weight is 306 g/mol. The number of benzene rings is 1. The number of rotatable bonds is 6. The van der Waals surface area contributed by atoms with E-state index in [2.05, 4.69) is 41.2 Å². The fourth-order valence-electron chi connectivity index (χ4n) is 3.53. The van der Waals surface area contributed by atoms with Crippen molar-refractivity contribution in [1.29, 1.82) is 0 Å². The summed E-state index contributed by atoms with van der Waals surface area (Å²) in [6.45, 7) is 4.96. The number of para-hydroxylation sites is 1. The molecule has 2 unspecified atom stereocenters. The molecule has 1 fully saturated rings. The summed E-state index contributed by atoms with van der Waals surface area (Å²) in [5.74, 6) is 2.24. The van der Waals surface area contributed by atoms with E-state index in [4.69, 9.17) is 16.7 Å². The minimum Gasteiger partial charge on any atom is -0.311 e. The Labute approximate surface area is 131 Å². The summed E-state index contributed by atoms with van der Waals surface area (Å²) >= 11 is 6.06. The van der Waals surface area contributed by atoms with Crippen molar-refractivity contribution in [1.82, 2.24) is 15.1 Å². The first-order chi connectivity index (χ1) is 10.3. The molecule has 1 aliphatic carbocycles. The van der Waals surface area contributed by atoms with Crippen molar-refractivity contribution >= 4 is 22.5 Å². The predicted octanol–water partition coefficient (Wildman–Crippen LogP) is 3.80. The number of aromatic nitrogens is 2. The van der Waals surface area contributed by atoms with Gasteiger partial charge in [-0.25, -0.2) is 0 Å². The minimum absolute atomic E-state index is 0.698. The van der Waals surface area contributed by atoms with E-state index in [1.54, 1.807) is 0 Å². The number of halogens is 1. The summed E-state index contributed by atoms with van der Waals surface area (Å²) < 4.78 is 2.09. The molecule has 0 amide bonds. The maximum Gasteiger partial charge on any atom is 0.0841 e. The van der Waals surface area contributed by atoms with Crippen molar-refractivity contribution in [2.45, 2.75) is 39.3 Å². The average Bonchev–Trinajstić information content (AvgIpc) is 3.12. The van der Waals surface area contributed by atoms with E-state index in [9.17, 15) is 0 Å². The molecule has 1 N–H and O–H groups in total. The largest absolute Gasteiger partial charge is 0.311 e. The number of nitrogens with zero attached hydrogens (tertiary/aromatic N) is 2. The summed E-state index contributed by atoms with van der Waals surface area (Å²) in [5.41, 5.74) is 2.39. The number of alkyl halides is 1.